The summed E-state index contributed by atoms with van der Waals surface area (Å²) in [5.74, 6) is -0.994. The molecule has 0 saturated carbocycles. The Hall–Kier alpha value is -1.88. The Kier molecular flexibility index (Phi) is 6.02. The Labute approximate surface area is 112 Å². The number of para-hydroxylation sites is 1. The maximum atomic E-state index is 11.8. The zero-order valence-corrected chi connectivity index (χ0v) is 11.1. The van der Waals surface area contributed by atoms with Crippen molar-refractivity contribution < 1.29 is 14.7 Å². The number of aryl methyl sites for hydroxylation is 1. The van der Waals surface area contributed by atoms with Crippen molar-refractivity contribution in [3.63, 3.8) is 0 Å². The highest BCUT2D eigenvalue weighted by atomic mass is 16.4. The molecule has 0 aromatic heterocycles. The number of anilines is 1. The van der Waals surface area contributed by atoms with Crippen LogP contribution in [0.25, 0.3) is 0 Å². The zero-order chi connectivity index (χ0) is 14.3. The van der Waals surface area contributed by atoms with E-state index in [2.05, 4.69) is 5.32 Å². The fourth-order valence-electron chi connectivity index (χ4n) is 1.69. The van der Waals surface area contributed by atoms with Crippen LogP contribution in [0.2, 0.25) is 0 Å². The molecule has 19 heavy (non-hydrogen) atoms. The molecule has 5 heteroatoms. The number of carbonyl (C=O) groups excluding carboxylic acids is 1. The predicted octanol–water partition coefficient (Wildman–Crippen LogP) is 1.77. The molecule has 0 bridgehead atoms. The number of carbonyl (C=O) groups is 2. The van der Waals surface area contributed by atoms with E-state index in [1.54, 1.807) is 12.1 Å². The highest BCUT2D eigenvalue weighted by Gasteiger charge is 2.10. The molecule has 0 saturated heterocycles. The Morgan fingerprint density at radius 1 is 1.37 bits per heavy atom. The maximum absolute atomic E-state index is 11.8. The smallest absolute Gasteiger partial charge is 0.303 e. The van der Waals surface area contributed by atoms with Crippen molar-refractivity contribution in [1.82, 2.24) is 0 Å². The Morgan fingerprint density at radius 2 is 2.05 bits per heavy atom. The van der Waals surface area contributed by atoms with Gasteiger partial charge in [-0.15, -0.1) is 0 Å². The number of nitrogens with one attached hydrogen (secondary N) is 1. The van der Waals surface area contributed by atoms with Crippen molar-refractivity contribution in [2.75, 3.05) is 5.32 Å². The Morgan fingerprint density at radius 3 is 2.68 bits per heavy atom. The van der Waals surface area contributed by atoms with E-state index >= 15 is 0 Å². The van der Waals surface area contributed by atoms with Gasteiger partial charge in [0.15, 0.2) is 0 Å². The lowest BCUT2D eigenvalue weighted by molar-refractivity contribution is -0.136. The van der Waals surface area contributed by atoms with Crippen LogP contribution in [0.15, 0.2) is 24.3 Å². The number of rotatable bonds is 7. The second kappa shape index (κ2) is 7.53. The van der Waals surface area contributed by atoms with Gasteiger partial charge in [0.25, 0.3) is 0 Å². The minimum Gasteiger partial charge on any atom is -0.481 e. The number of aliphatic carboxylic acids is 1. The van der Waals surface area contributed by atoms with Gasteiger partial charge in [-0.05, 0) is 24.5 Å². The van der Waals surface area contributed by atoms with Crippen LogP contribution in [0, 0.1) is 0 Å². The standard InChI is InChI=1S/C14H20N2O3/c1-2-11(15)9-13(17)16-12-6-4-3-5-10(12)7-8-14(18)19/h3-6,11H,2,7-9,15H2,1H3,(H,16,17)(H,18,19). The third kappa shape index (κ3) is 5.52. The van der Waals surface area contributed by atoms with Gasteiger partial charge in [0, 0.05) is 24.6 Å². The van der Waals surface area contributed by atoms with Crippen molar-refractivity contribution in [2.45, 2.75) is 38.6 Å². The summed E-state index contributed by atoms with van der Waals surface area (Å²) < 4.78 is 0. The fourth-order valence-corrected chi connectivity index (χ4v) is 1.69. The molecule has 5 nitrogen and oxygen atoms in total. The number of amides is 1. The third-order valence-corrected chi connectivity index (χ3v) is 2.87. The van der Waals surface area contributed by atoms with E-state index < -0.39 is 5.97 Å². The van der Waals surface area contributed by atoms with E-state index in [0.29, 0.717) is 12.1 Å². The number of carboxylic acids is 1. The monoisotopic (exact) mass is 264 g/mol. The first kappa shape index (κ1) is 15.2. The normalized spacial score (nSPS) is 11.9. The number of benzene rings is 1. The maximum Gasteiger partial charge on any atom is 0.303 e. The van der Waals surface area contributed by atoms with Crippen molar-refractivity contribution in [2.24, 2.45) is 5.73 Å². The molecule has 0 aliphatic rings. The zero-order valence-electron chi connectivity index (χ0n) is 11.1. The fraction of sp³-hybridized carbons (Fsp3) is 0.429. The van der Waals surface area contributed by atoms with Crippen LogP contribution in [0.5, 0.6) is 0 Å². The van der Waals surface area contributed by atoms with E-state index in [1.807, 2.05) is 19.1 Å². The van der Waals surface area contributed by atoms with E-state index in [9.17, 15) is 9.59 Å². The molecule has 0 fully saturated rings. The van der Waals surface area contributed by atoms with E-state index in [0.717, 1.165) is 12.0 Å². The lowest BCUT2D eigenvalue weighted by Gasteiger charge is -2.12. The Bertz CT molecular complexity index is 446. The van der Waals surface area contributed by atoms with Gasteiger partial charge in [0.05, 0.1) is 0 Å². The molecule has 1 aromatic rings. The highest BCUT2D eigenvalue weighted by Crippen LogP contribution is 2.17. The number of hydrogen-bond donors (Lipinski definition) is 3. The van der Waals surface area contributed by atoms with E-state index in [4.69, 9.17) is 10.8 Å². The van der Waals surface area contributed by atoms with Crippen LogP contribution in [-0.4, -0.2) is 23.0 Å². The van der Waals surface area contributed by atoms with Gasteiger partial charge in [-0.1, -0.05) is 25.1 Å². The van der Waals surface area contributed by atoms with E-state index in [-0.39, 0.29) is 24.8 Å². The molecular formula is C14H20N2O3. The summed E-state index contributed by atoms with van der Waals surface area (Å²) in [7, 11) is 0. The summed E-state index contributed by atoms with van der Waals surface area (Å²) in [6, 6.07) is 7.07. The van der Waals surface area contributed by atoms with Gasteiger partial charge in [-0.25, -0.2) is 0 Å². The summed E-state index contributed by atoms with van der Waals surface area (Å²) in [5, 5.41) is 11.5. The lowest BCUT2D eigenvalue weighted by atomic mass is 10.1. The molecule has 1 aromatic carbocycles. The van der Waals surface area contributed by atoms with Crippen LogP contribution in [-0.2, 0) is 16.0 Å². The quantitative estimate of drug-likeness (QED) is 0.699. The molecule has 0 aliphatic carbocycles. The second-order valence-corrected chi connectivity index (χ2v) is 4.47. The SMILES string of the molecule is CCC(N)CC(=O)Nc1ccccc1CCC(=O)O. The van der Waals surface area contributed by atoms with Gasteiger partial charge < -0.3 is 16.2 Å². The summed E-state index contributed by atoms with van der Waals surface area (Å²) in [6.07, 6.45) is 1.45. The summed E-state index contributed by atoms with van der Waals surface area (Å²) in [4.78, 5) is 22.4. The molecule has 0 aliphatic heterocycles. The second-order valence-electron chi connectivity index (χ2n) is 4.47. The molecule has 1 unspecified atom stereocenters. The van der Waals surface area contributed by atoms with Crippen molar-refractivity contribution in [1.29, 1.82) is 0 Å². The first-order valence-electron chi connectivity index (χ1n) is 6.38. The minimum absolute atomic E-state index is 0.0430. The number of carboxylic acid groups (broad SMARTS) is 1. The van der Waals surface area contributed by atoms with Crippen molar-refractivity contribution >= 4 is 17.6 Å². The third-order valence-electron chi connectivity index (χ3n) is 2.87. The van der Waals surface area contributed by atoms with Crippen LogP contribution in [0.4, 0.5) is 5.69 Å². The molecule has 104 valence electrons. The molecule has 1 amide bonds. The minimum atomic E-state index is -0.853. The van der Waals surface area contributed by atoms with Crippen molar-refractivity contribution in [3.05, 3.63) is 29.8 Å². The van der Waals surface area contributed by atoms with Crippen molar-refractivity contribution in [3.8, 4) is 0 Å². The number of hydrogen-bond acceptors (Lipinski definition) is 3. The van der Waals surface area contributed by atoms with Crippen LogP contribution >= 0.6 is 0 Å². The van der Waals surface area contributed by atoms with Crippen LogP contribution in [0.3, 0.4) is 0 Å². The molecule has 0 spiro atoms. The average molecular weight is 264 g/mol. The predicted molar refractivity (Wildman–Crippen MR) is 73.9 cm³/mol. The first-order chi connectivity index (χ1) is 9.02. The van der Waals surface area contributed by atoms with Gasteiger partial charge in [-0.2, -0.15) is 0 Å². The molecule has 0 radical (unpaired) electrons. The van der Waals surface area contributed by atoms with Gasteiger partial charge in [0.2, 0.25) is 5.91 Å². The topological polar surface area (TPSA) is 92.4 Å². The number of nitrogens with two attached hydrogens (primary N) is 1. The van der Waals surface area contributed by atoms with Gasteiger partial charge in [0.1, 0.15) is 0 Å². The highest BCUT2D eigenvalue weighted by molar-refractivity contribution is 5.91. The molecular weight excluding hydrogens is 244 g/mol. The summed E-state index contributed by atoms with van der Waals surface area (Å²) in [6.45, 7) is 1.93. The van der Waals surface area contributed by atoms with Gasteiger partial charge >= 0.3 is 5.97 Å². The molecule has 1 atom stereocenters. The van der Waals surface area contributed by atoms with Crippen LogP contribution < -0.4 is 11.1 Å². The Balaban J connectivity index is 2.66. The molecule has 4 N–H and O–H groups in total. The molecule has 1 rings (SSSR count). The first-order valence-corrected chi connectivity index (χ1v) is 6.38. The van der Waals surface area contributed by atoms with Crippen LogP contribution in [0.1, 0.15) is 31.7 Å². The summed E-state index contributed by atoms with van der Waals surface area (Å²) in [5.41, 5.74) is 7.21. The van der Waals surface area contributed by atoms with Gasteiger partial charge in [-0.3, -0.25) is 9.59 Å². The summed E-state index contributed by atoms with van der Waals surface area (Å²) >= 11 is 0. The average Bonchev–Trinajstić information content (AvgIpc) is 2.37. The molecule has 0 heterocycles. The van der Waals surface area contributed by atoms with E-state index in [1.165, 1.54) is 0 Å². The lowest BCUT2D eigenvalue weighted by Crippen LogP contribution is -2.26. The largest absolute Gasteiger partial charge is 0.481 e.